The first-order valence-corrected chi connectivity index (χ1v) is 9.21. The Bertz CT molecular complexity index is 953. The molecule has 3 aromatic rings. The van der Waals surface area contributed by atoms with Crippen LogP contribution in [-0.2, 0) is 16.6 Å². The largest absolute Gasteiger partial charge is 0.280 e. The molecular weight excluding hydrogens is 369 g/mol. The van der Waals surface area contributed by atoms with E-state index >= 15 is 0 Å². The number of anilines is 1. The van der Waals surface area contributed by atoms with Gasteiger partial charge in [-0.3, -0.25) is 9.40 Å². The van der Waals surface area contributed by atoms with E-state index in [1.165, 1.54) is 24.3 Å². The Balaban J connectivity index is 1.80. The minimum atomic E-state index is -3.67. The Labute approximate surface area is 149 Å². The van der Waals surface area contributed by atoms with Crippen LogP contribution in [0, 0.1) is 0 Å². The van der Waals surface area contributed by atoms with Gasteiger partial charge < -0.3 is 0 Å². The number of benzene rings is 2. The normalized spacial score (nSPS) is 11.4. The molecule has 0 unspecified atom stereocenters. The van der Waals surface area contributed by atoms with E-state index in [4.69, 9.17) is 23.2 Å². The fourth-order valence-electron chi connectivity index (χ4n) is 2.17. The maximum absolute atomic E-state index is 12.4. The van der Waals surface area contributed by atoms with Gasteiger partial charge in [0.2, 0.25) is 0 Å². The van der Waals surface area contributed by atoms with Gasteiger partial charge in [-0.15, -0.1) is 0 Å². The van der Waals surface area contributed by atoms with Crippen LogP contribution in [0.25, 0.3) is 0 Å². The minimum absolute atomic E-state index is 0.149. The Morgan fingerprint density at radius 3 is 2.46 bits per heavy atom. The SMILES string of the molecule is O=S(=O)(Nc1cccc(Cn2cc(Cl)cn2)c1)c1ccc(Cl)cc1. The van der Waals surface area contributed by atoms with Gasteiger partial charge in [0.15, 0.2) is 0 Å². The number of nitrogens with one attached hydrogen (secondary N) is 1. The first kappa shape index (κ1) is 16.8. The standard InChI is InChI=1S/C16H13Cl2N3O2S/c17-13-4-6-16(7-5-13)24(22,23)20-15-3-1-2-12(8-15)10-21-11-14(18)9-19-21/h1-9,11,20H,10H2. The highest BCUT2D eigenvalue weighted by Crippen LogP contribution is 2.19. The summed E-state index contributed by atoms with van der Waals surface area (Å²) in [7, 11) is -3.67. The van der Waals surface area contributed by atoms with Crippen LogP contribution < -0.4 is 4.72 Å². The maximum Gasteiger partial charge on any atom is 0.261 e. The molecule has 2 aromatic carbocycles. The van der Waals surface area contributed by atoms with Crippen molar-refractivity contribution in [3.8, 4) is 0 Å². The molecular formula is C16H13Cl2N3O2S. The second-order valence-electron chi connectivity index (χ2n) is 5.12. The van der Waals surface area contributed by atoms with Gasteiger partial charge in [-0.05, 0) is 42.0 Å². The van der Waals surface area contributed by atoms with E-state index in [0.717, 1.165) is 5.56 Å². The molecule has 5 nitrogen and oxygen atoms in total. The van der Waals surface area contributed by atoms with Crippen LogP contribution in [0.15, 0.2) is 65.8 Å². The summed E-state index contributed by atoms with van der Waals surface area (Å²) in [6.07, 6.45) is 3.25. The average molecular weight is 382 g/mol. The van der Waals surface area contributed by atoms with Crippen LogP contribution in [0.4, 0.5) is 5.69 Å². The molecule has 124 valence electrons. The van der Waals surface area contributed by atoms with Crippen LogP contribution in [0.1, 0.15) is 5.56 Å². The van der Waals surface area contributed by atoms with E-state index in [2.05, 4.69) is 9.82 Å². The van der Waals surface area contributed by atoms with E-state index in [0.29, 0.717) is 22.3 Å². The van der Waals surface area contributed by atoms with Crippen LogP contribution in [0.3, 0.4) is 0 Å². The number of nitrogens with zero attached hydrogens (tertiary/aromatic N) is 2. The molecule has 0 atom stereocenters. The molecule has 0 saturated carbocycles. The van der Waals surface area contributed by atoms with Gasteiger partial charge >= 0.3 is 0 Å². The molecule has 0 aliphatic rings. The zero-order valence-electron chi connectivity index (χ0n) is 12.4. The molecule has 0 saturated heterocycles. The van der Waals surface area contributed by atoms with Crippen molar-refractivity contribution in [1.82, 2.24) is 9.78 Å². The molecule has 0 radical (unpaired) electrons. The zero-order valence-corrected chi connectivity index (χ0v) is 14.7. The molecule has 0 amide bonds. The van der Waals surface area contributed by atoms with Gasteiger partial charge in [-0.2, -0.15) is 5.10 Å². The highest BCUT2D eigenvalue weighted by atomic mass is 35.5. The number of hydrogen-bond acceptors (Lipinski definition) is 3. The average Bonchev–Trinajstić information content (AvgIpc) is 2.92. The monoisotopic (exact) mass is 381 g/mol. The third-order valence-electron chi connectivity index (χ3n) is 3.25. The molecule has 0 bridgehead atoms. The van der Waals surface area contributed by atoms with Crippen molar-refractivity contribution in [2.45, 2.75) is 11.4 Å². The highest BCUT2D eigenvalue weighted by molar-refractivity contribution is 7.92. The fraction of sp³-hybridized carbons (Fsp3) is 0.0625. The number of halogens is 2. The number of rotatable bonds is 5. The van der Waals surface area contributed by atoms with Crippen molar-refractivity contribution in [2.75, 3.05) is 4.72 Å². The molecule has 0 spiro atoms. The highest BCUT2D eigenvalue weighted by Gasteiger charge is 2.14. The topological polar surface area (TPSA) is 64.0 Å². The summed E-state index contributed by atoms with van der Waals surface area (Å²) in [5.41, 5.74) is 1.37. The first-order valence-electron chi connectivity index (χ1n) is 6.98. The Morgan fingerprint density at radius 2 is 1.79 bits per heavy atom. The molecule has 1 heterocycles. The third-order valence-corrected chi connectivity index (χ3v) is 5.09. The van der Waals surface area contributed by atoms with Crippen LogP contribution in [-0.4, -0.2) is 18.2 Å². The predicted molar refractivity (Wildman–Crippen MR) is 95.0 cm³/mol. The zero-order chi connectivity index (χ0) is 17.2. The van der Waals surface area contributed by atoms with Gasteiger partial charge in [-0.25, -0.2) is 8.42 Å². The lowest BCUT2D eigenvalue weighted by Crippen LogP contribution is -2.13. The summed E-state index contributed by atoms with van der Waals surface area (Å²) in [6.45, 7) is 0.489. The molecule has 3 rings (SSSR count). The van der Waals surface area contributed by atoms with E-state index < -0.39 is 10.0 Å². The quantitative estimate of drug-likeness (QED) is 0.725. The maximum atomic E-state index is 12.4. The lowest BCUT2D eigenvalue weighted by molar-refractivity contribution is 0.601. The first-order chi connectivity index (χ1) is 11.4. The second kappa shape index (κ2) is 6.84. The summed E-state index contributed by atoms with van der Waals surface area (Å²) in [6, 6.07) is 13.1. The Hall–Kier alpha value is -2.02. The van der Waals surface area contributed by atoms with Crippen LogP contribution in [0.2, 0.25) is 10.0 Å². The summed E-state index contributed by atoms with van der Waals surface area (Å²) >= 11 is 11.6. The lowest BCUT2D eigenvalue weighted by Gasteiger charge is -2.10. The van der Waals surface area contributed by atoms with Gasteiger partial charge in [0.25, 0.3) is 10.0 Å². The summed E-state index contributed by atoms with van der Waals surface area (Å²) in [5, 5.41) is 5.14. The van der Waals surface area contributed by atoms with E-state index in [1.54, 1.807) is 35.3 Å². The molecule has 24 heavy (non-hydrogen) atoms. The lowest BCUT2D eigenvalue weighted by atomic mass is 10.2. The van der Waals surface area contributed by atoms with Crippen molar-refractivity contribution < 1.29 is 8.42 Å². The van der Waals surface area contributed by atoms with Crippen molar-refractivity contribution in [3.63, 3.8) is 0 Å². The molecule has 0 aliphatic carbocycles. The number of aromatic nitrogens is 2. The minimum Gasteiger partial charge on any atom is -0.280 e. The predicted octanol–water partition coefficient (Wildman–Crippen LogP) is 4.04. The van der Waals surface area contributed by atoms with Gasteiger partial charge in [0.05, 0.1) is 22.7 Å². The van der Waals surface area contributed by atoms with Gasteiger partial charge in [0, 0.05) is 16.9 Å². The van der Waals surface area contributed by atoms with E-state index in [1.807, 2.05) is 6.07 Å². The van der Waals surface area contributed by atoms with Crippen molar-refractivity contribution in [1.29, 1.82) is 0 Å². The summed E-state index contributed by atoms with van der Waals surface area (Å²) in [4.78, 5) is 0.149. The van der Waals surface area contributed by atoms with Gasteiger partial charge in [-0.1, -0.05) is 35.3 Å². The van der Waals surface area contributed by atoms with Crippen molar-refractivity contribution in [2.24, 2.45) is 0 Å². The third kappa shape index (κ3) is 4.08. The Kier molecular flexibility index (Phi) is 4.80. The van der Waals surface area contributed by atoms with Crippen molar-refractivity contribution >= 4 is 38.9 Å². The molecule has 8 heteroatoms. The van der Waals surface area contributed by atoms with Crippen molar-refractivity contribution in [3.05, 3.63) is 76.5 Å². The fourth-order valence-corrected chi connectivity index (χ4v) is 3.50. The molecule has 1 N–H and O–H groups in total. The van der Waals surface area contributed by atoms with Gasteiger partial charge in [0.1, 0.15) is 0 Å². The van der Waals surface area contributed by atoms with Crippen LogP contribution >= 0.6 is 23.2 Å². The Morgan fingerprint density at radius 1 is 1.04 bits per heavy atom. The summed E-state index contributed by atoms with van der Waals surface area (Å²) < 4.78 is 29.0. The van der Waals surface area contributed by atoms with Crippen LogP contribution in [0.5, 0.6) is 0 Å². The molecule has 1 aromatic heterocycles. The molecule has 0 fully saturated rings. The number of sulfonamides is 1. The number of hydrogen-bond donors (Lipinski definition) is 1. The molecule has 0 aliphatic heterocycles. The summed E-state index contributed by atoms with van der Waals surface area (Å²) in [5.74, 6) is 0. The smallest absolute Gasteiger partial charge is 0.261 e. The van der Waals surface area contributed by atoms with E-state index in [9.17, 15) is 8.42 Å². The van der Waals surface area contributed by atoms with E-state index in [-0.39, 0.29) is 4.90 Å². The second-order valence-corrected chi connectivity index (χ2v) is 7.67.